The van der Waals surface area contributed by atoms with E-state index in [1.165, 1.54) is 0 Å². The van der Waals surface area contributed by atoms with Crippen LogP contribution in [0.15, 0.2) is 64.2 Å². The molecule has 80 valence electrons. The Morgan fingerprint density at radius 3 is 2.38 bits per heavy atom. The van der Waals surface area contributed by atoms with Crippen LogP contribution in [0, 0.1) is 0 Å². The average Bonchev–Trinajstić information content (AvgIpc) is 2.33. The lowest BCUT2D eigenvalue weighted by atomic mass is 10.2. The van der Waals surface area contributed by atoms with Crippen LogP contribution in [-0.4, -0.2) is 6.21 Å². The average molecular weight is 275 g/mol. The van der Waals surface area contributed by atoms with Crippen LogP contribution in [0.4, 0.5) is 5.69 Å². The van der Waals surface area contributed by atoms with Gasteiger partial charge in [-0.05, 0) is 18.2 Å². The maximum absolute atomic E-state index is 4.17. The second-order valence-corrected chi connectivity index (χ2v) is 4.11. The first-order chi connectivity index (χ1) is 7.86. The lowest BCUT2D eigenvalue weighted by molar-refractivity contribution is 1.35. The molecule has 2 rings (SSSR count). The number of hydrogen-bond acceptors (Lipinski definition) is 2. The topological polar surface area (TPSA) is 24.4 Å². The fourth-order valence-corrected chi connectivity index (χ4v) is 1.66. The van der Waals surface area contributed by atoms with E-state index in [1.807, 2.05) is 54.6 Å². The van der Waals surface area contributed by atoms with E-state index in [0.717, 1.165) is 15.7 Å². The zero-order valence-electron chi connectivity index (χ0n) is 8.60. The van der Waals surface area contributed by atoms with Gasteiger partial charge in [-0.3, -0.25) is 5.43 Å². The van der Waals surface area contributed by atoms with Crippen LogP contribution in [-0.2, 0) is 0 Å². The summed E-state index contributed by atoms with van der Waals surface area (Å²) in [6, 6.07) is 17.8. The number of benzene rings is 2. The van der Waals surface area contributed by atoms with Crippen LogP contribution in [0.5, 0.6) is 0 Å². The van der Waals surface area contributed by atoms with E-state index in [9.17, 15) is 0 Å². The number of hydrazone groups is 1. The Labute approximate surface area is 103 Å². The highest BCUT2D eigenvalue weighted by molar-refractivity contribution is 9.10. The van der Waals surface area contributed by atoms with Gasteiger partial charge >= 0.3 is 0 Å². The Morgan fingerprint density at radius 1 is 0.938 bits per heavy atom. The summed E-state index contributed by atoms with van der Waals surface area (Å²) in [6.45, 7) is 0. The number of nitrogens with one attached hydrogen (secondary N) is 1. The SMILES string of the molecule is Brc1ccccc1C=NNc1ccccc1. The van der Waals surface area contributed by atoms with Crippen molar-refractivity contribution in [1.29, 1.82) is 0 Å². The fourth-order valence-electron chi connectivity index (χ4n) is 1.27. The van der Waals surface area contributed by atoms with Gasteiger partial charge < -0.3 is 0 Å². The Hall–Kier alpha value is -1.61. The van der Waals surface area contributed by atoms with Crippen molar-refractivity contribution in [1.82, 2.24) is 0 Å². The summed E-state index contributed by atoms with van der Waals surface area (Å²) in [7, 11) is 0. The fraction of sp³-hybridized carbons (Fsp3) is 0. The lowest BCUT2D eigenvalue weighted by Gasteiger charge is -1.99. The largest absolute Gasteiger partial charge is 0.279 e. The molecule has 3 heteroatoms. The van der Waals surface area contributed by atoms with Gasteiger partial charge in [0, 0.05) is 10.0 Å². The van der Waals surface area contributed by atoms with Gasteiger partial charge in [-0.1, -0.05) is 52.3 Å². The highest BCUT2D eigenvalue weighted by Crippen LogP contribution is 2.13. The molecule has 1 N–H and O–H groups in total. The summed E-state index contributed by atoms with van der Waals surface area (Å²) in [5.74, 6) is 0. The molecule has 0 aromatic heterocycles. The minimum Gasteiger partial charge on any atom is -0.279 e. The molecule has 0 aliphatic rings. The third-order valence-electron chi connectivity index (χ3n) is 2.08. The first-order valence-electron chi connectivity index (χ1n) is 4.95. The van der Waals surface area contributed by atoms with Gasteiger partial charge in [-0.15, -0.1) is 0 Å². The Balaban J connectivity index is 2.03. The van der Waals surface area contributed by atoms with Crippen LogP contribution >= 0.6 is 15.9 Å². The lowest BCUT2D eigenvalue weighted by Crippen LogP contribution is -1.90. The van der Waals surface area contributed by atoms with Crippen molar-refractivity contribution in [2.45, 2.75) is 0 Å². The molecule has 0 amide bonds. The maximum atomic E-state index is 4.17. The molecule has 0 aliphatic carbocycles. The molecule has 0 fully saturated rings. The van der Waals surface area contributed by atoms with E-state index in [4.69, 9.17) is 0 Å². The molecule has 2 nitrogen and oxygen atoms in total. The van der Waals surface area contributed by atoms with E-state index in [1.54, 1.807) is 6.21 Å². The van der Waals surface area contributed by atoms with Gasteiger partial charge in [-0.25, -0.2) is 0 Å². The smallest absolute Gasteiger partial charge is 0.0561 e. The molecule has 0 saturated carbocycles. The Morgan fingerprint density at radius 2 is 1.62 bits per heavy atom. The Bertz CT molecular complexity index is 480. The van der Waals surface area contributed by atoms with Gasteiger partial charge in [0.05, 0.1) is 11.9 Å². The first kappa shape index (κ1) is 10.9. The number of hydrogen-bond donors (Lipinski definition) is 1. The van der Waals surface area contributed by atoms with Crippen molar-refractivity contribution in [2.24, 2.45) is 5.10 Å². The molecule has 0 bridgehead atoms. The minimum atomic E-state index is 0.978. The monoisotopic (exact) mass is 274 g/mol. The van der Waals surface area contributed by atoms with Gasteiger partial charge in [-0.2, -0.15) is 5.10 Å². The summed E-state index contributed by atoms with van der Waals surface area (Å²) < 4.78 is 1.04. The van der Waals surface area contributed by atoms with Gasteiger partial charge in [0.2, 0.25) is 0 Å². The number of halogens is 1. The van der Waals surface area contributed by atoms with Gasteiger partial charge in [0.1, 0.15) is 0 Å². The normalized spacial score (nSPS) is 10.6. The molecule has 0 radical (unpaired) electrons. The predicted octanol–water partition coefficient (Wildman–Crippen LogP) is 3.90. The molecular formula is C13H11BrN2. The standard InChI is InChI=1S/C13H11BrN2/c14-13-9-5-4-6-11(13)10-15-16-12-7-2-1-3-8-12/h1-10,16H. The number of rotatable bonds is 3. The van der Waals surface area contributed by atoms with E-state index in [2.05, 4.69) is 26.5 Å². The molecule has 0 aliphatic heterocycles. The van der Waals surface area contributed by atoms with Crippen molar-refractivity contribution in [3.8, 4) is 0 Å². The second kappa shape index (κ2) is 5.47. The van der Waals surface area contributed by atoms with E-state index in [0.29, 0.717) is 0 Å². The maximum Gasteiger partial charge on any atom is 0.0561 e. The summed E-state index contributed by atoms with van der Waals surface area (Å²) in [5, 5.41) is 4.17. The van der Waals surface area contributed by atoms with Gasteiger partial charge in [0.25, 0.3) is 0 Å². The molecular weight excluding hydrogens is 264 g/mol. The highest BCUT2D eigenvalue weighted by Gasteiger charge is 1.93. The number of anilines is 1. The number of nitrogens with zero attached hydrogens (tertiary/aromatic N) is 1. The van der Waals surface area contributed by atoms with Crippen LogP contribution in [0.2, 0.25) is 0 Å². The summed E-state index contributed by atoms with van der Waals surface area (Å²) in [6.07, 6.45) is 1.79. The quantitative estimate of drug-likeness (QED) is 0.667. The summed E-state index contributed by atoms with van der Waals surface area (Å²) in [4.78, 5) is 0. The Kier molecular flexibility index (Phi) is 3.72. The van der Waals surface area contributed by atoms with E-state index in [-0.39, 0.29) is 0 Å². The van der Waals surface area contributed by atoms with Crippen molar-refractivity contribution in [2.75, 3.05) is 5.43 Å². The number of para-hydroxylation sites is 1. The molecule has 0 heterocycles. The third kappa shape index (κ3) is 2.94. The van der Waals surface area contributed by atoms with Crippen molar-refractivity contribution >= 4 is 27.8 Å². The first-order valence-corrected chi connectivity index (χ1v) is 5.74. The van der Waals surface area contributed by atoms with Crippen molar-refractivity contribution in [3.63, 3.8) is 0 Å². The van der Waals surface area contributed by atoms with Crippen molar-refractivity contribution in [3.05, 3.63) is 64.6 Å². The molecule has 2 aromatic carbocycles. The second-order valence-electron chi connectivity index (χ2n) is 3.26. The molecule has 0 atom stereocenters. The highest BCUT2D eigenvalue weighted by atomic mass is 79.9. The van der Waals surface area contributed by atoms with Crippen LogP contribution in [0.3, 0.4) is 0 Å². The van der Waals surface area contributed by atoms with Gasteiger partial charge in [0.15, 0.2) is 0 Å². The third-order valence-corrected chi connectivity index (χ3v) is 2.80. The molecule has 16 heavy (non-hydrogen) atoms. The van der Waals surface area contributed by atoms with Crippen LogP contribution in [0.25, 0.3) is 0 Å². The summed E-state index contributed by atoms with van der Waals surface area (Å²) in [5.41, 5.74) is 4.99. The van der Waals surface area contributed by atoms with Crippen LogP contribution in [0.1, 0.15) is 5.56 Å². The van der Waals surface area contributed by atoms with Crippen molar-refractivity contribution < 1.29 is 0 Å². The van der Waals surface area contributed by atoms with Crippen LogP contribution < -0.4 is 5.43 Å². The van der Waals surface area contributed by atoms with E-state index < -0.39 is 0 Å². The molecule has 0 saturated heterocycles. The minimum absolute atomic E-state index is 0.978. The molecule has 0 spiro atoms. The zero-order chi connectivity index (χ0) is 11.2. The van der Waals surface area contributed by atoms with E-state index >= 15 is 0 Å². The predicted molar refractivity (Wildman–Crippen MR) is 71.8 cm³/mol. The summed E-state index contributed by atoms with van der Waals surface area (Å²) >= 11 is 3.46. The molecule has 0 unspecified atom stereocenters. The zero-order valence-corrected chi connectivity index (χ0v) is 10.2. The molecule has 2 aromatic rings.